The number of fused-ring (bicyclic) bond motifs is 1. The number of aryl methyl sites for hydroxylation is 1. The molecule has 0 radical (unpaired) electrons. The minimum absolute atomic E-state index is 0.0249. The number of hydrogen-bond donors (Lipinski definition) is 5. The van der Waals surface area contributed by atoms with E-state index in [1.807, 2.05) is 0 Å². The molecule has 4 rings (SSSR count). The van der Waals surface area contributed by atoms with Gasteiger partial charge in [0, 0.05) is 35.9 Å². The van der Waals surface area contributed by atoms with Gasteiger partial charge in [-0.05, 0) is 61.2 Å². The number of carbonyl (C=O) groups excluding carboxylic acids is 4. The van der Waals surface area contributed by atoms with E-state index in [-0.39, 0.29) is 31.0 Å². The molecule has 178 valence electrons. The lowest BCUT2D eigenvalue weighted by atomic mass is 10.0. The molecule has 0 saturated heterocycles. The molecule has 4 amide bonds. The smallest absolute Gasteiger partial charge is 0.313 e. The van der Waals surface area contributed by atoms with Crippen LogP contribution in [-0.2, 0) is 20.8 Å². The topological polar surface area (TPSA) is 146 Å². The van der Waals surface area contributed by atoms with Gasteiger partial charge >= 0.3 is 11.8 Å². The number of amides is 4. The van der Waals surface area contributed by atoms with Gasteiger partial charge in [-0.15, -0.1) is 0 Å². The first-order valence-electron chi connectivity index (χ1n) is 11.1. The zero-order valence-corrected chi connectivity index (χ0v) is 18.4. The molecule has 5 N–H and O–H groups in total. The molecule has 2 aromatic carbocycles. The Bertz CT molecular complexity index is 1110. The zero-order chi connectivity index (χ0) is 24.1. The van der Waals surface area contributed by atoms with Gasteiger partial charge in [0.1, 0.15) is 18.5 Å². The number of ether oxygens (including phenoxy) is 1. The molecule has 34 heavy (non-hydrogen) atoms. The van der Waals surface area contributed by atoms with Gasteiger partial charge in [0.2, 0.25) is 5.91 Å². The van der Waals surface area contributed by atoms with Crippen LogP contribution in [0.4, 0.5) is 11.4 Å². The molecule has 0 spiro atoms. The van der Waals surface area contributed by atoms with Gasteiger partial charge < -0.3 is 31.1 Å². The lowest BCUT2D eigenvalue weighted by molar-refractivity contribution is -0.136. The SMILES string of the molecule is O=C1CCc2cc(OC[C@@H](O)CNC(=O)C(=O)Nc3cccc(C(=O)NC4CC4)c3)ccc2N1. The first-order chi connectivity index (χ1) is 16.4. The van der Waals surface area contributed by atoms with E-state index in [0.717, 1.165) is 24.1 Å². The maximum absolute atomic E-state index is 12.2. The fourth-order valence-electron chi connectivity index (χ4n) is 3.41. The number of carbonyl (C=O) groups is 4. The molecule has 1 atom stereocenters. The second-order valence-electron chi connectivity index (χ2n) is 8.32. The van der Waals surface area contributed by atoms with Crippen molar-refractivity contribution in [3.05, 3.63) is 53.6 Å². The van der Waals surface area contributed by atoms with Gasteiger partial charge in [0.15, 0.2) is 0 Å². The minimum atomic E-state index is -1.04. The normalized spacial score (nSPS) is 15.4. The second-order valence-corrected chi connectivity index (χ2v) is 8.32. The predicted molar refractivity (Wildman–Crippen MR) is 123 cm³/mol. The van der Waals surface area contributed by atoms with Crippen molar-refractivity contribution in [2.75, 3.05) is 23.8 Å². The number of anilines is 2. The molecule has 10 heteroatoms. The summed E-state index contributed by atoms with van der Waals surface area (Å²) in [7, 11) is 0. The highest BCUT2D eigenvalue weighted by molar-refractivity contribution is 6.39. The number of aliphatic hydroxyl groups excluding tert-OH is 1. The van der Waals surface area contributed by atoms with Crippen LogP contribution in [0.2, 0.25) is 0 Å². The number of nitrogens with one attached hydrogen (secondary N) is 4. The summed E-state index contributed by atoms with van der Waals surface area (Å²) < 4.78 is 5.56. The Labute approximate surface area is 196 Å². The van der Waals surface area contributed by atoms with Gasteiger partial charge in [-0.3, -0.25) is 19.2 Å². The fraction of sp³-hybridized carbons (Fsp3) is 0.333. The number of aliphatic hydroxyl groups is 1. The number of hydrogen-bond acceptors (Lipinski definition) is 6. The summed E-state index contributed by atoms with van der Waals surface area (Å²) in [5.74, 6) is -1.55. The molecule has 1 aliphatic heterocycles. The molecular formula is C24H26N4O6. The van der Waals surface area contributed by atoms with E-state index < -0.39 is 17.9 Å². The van der Waals surface area contributed by atoms with Crippen molar-refractivity contribution in [3.8, 4) is 5.75 Å². The van der Waals surface area contributed by atoms with Crippen LogP contribution in [0.5, 0.6) is 5.75 Å². The molecule has 0 bridgehead atoms. The highest BCUT2D eigenvalue weighted by Crippen LogP contribution is 2.26. The molecule has 0 aromatic heterocycles. The van der Waals surface area contributed by atoms with E-state index in [0.29, 0.717) is 29.8 Å². The lowest BCUT2D eigenvalue weighted by Gasteiger charge is -2.18. The molecule has 1 saturated carbocycles. The van der Waals surface area contributed by atoms with Crippen LogP contribution in [0, 0.1) is 0 Å². The third kappa shape index (κ3) is 6.32. The van der Waals surface area contributed by atoms with E-state index >= 15 is 0 Å². The molecule has 1 heterocycles. The Hall–Kier alpha value is -3.92. The van der Waals surface area contributed by atoms with Crippen molar-refractivity contribution in [2.24, 2.45) is 0 Å². The van der Waals surface area contributed by atoms with Gasteiger partial charge in [0.05, 0.1) is 0 Å². The number of rotatable bonds is 8. The molecule has 1 aliphatic carbocycles. The van der Waals surface area contributed by atoms with E-state index in [2.05, 4.69) is 21.3 Å². The Morgan fingerprint density at radius 1 is 1.09 bits per heavy atom. The van der Waals surface area contributed by atoms with Gasteiger partial charge in [-0.1, -0.05) is 6.07 Å². The van der Waals surface area contributed by atoms with Gasteiger partial charge in [0.25, 0.3) is 5.91 Å². The maximum Gasteiger partial charge on any atom is 0.313 e. The van der Waals surface area contributed by atoms with E-state index in [1.54, 1.807) is 36.4 Å². The van der Waals surface area contributed by atoms with Crippen LogP contribution in [0.25, 0.3) is 0 Å². The van der Waals surface area contributed by atoms with Crippen LogP contribution < -0.4 is 26.0 Å². The van der Waals surface area contributed by atoms with Crippen molar-refractivity contribution >= 4 is 35.0 Å². The summed E-state index contributed by atoms with van der Waals surface area (Å²) >= 11 is 0. The van der Waals surface area contributed by atoms with Crippen LogP contribution in [0.15, 0.2) is 42.5 Å². The first kappa shape index (κ1) is 23.2. The Kier molecular flexibility index (Phi) is 7.07. The van der Waals surface area contributed by atoms with Crippen molar-refractivity contribution in [1.82, 2.24) is 10.6 Å². The van der Waals surface area contributed by atoms with E-state index in [1.165, 1.54) is 6.07 Å². The van der Waals surface area contributed by atoms with Crippen LogP contribution in [0.3, 0.4) is 0 Å². The fourth-order valence-corrected chi connectivity index (χ4v) is 3.41. The standard InChI is InChI=1S/C24H26N4O6/c29-18(13-34-19-7-8-20-14(11-19)4-9-21(30)28-20)12-25-23(32)24(33)27-17-3-1-2-15(10-17)22(31)26-16-5-6-16/h1-3,7-8,10-11,16,18,29H,4-6,9,12-13H2,(H,25,32)(H,26,31)(H,27,33)(H,28,30)/t18-/m0/s1. The molecular weight excluding hydrogens is 440 g/mol. The molecule has 2 aliphatic rings. The lowest BCUT2D eigenvalue weighted by Crippen LogP contribution is -2.41. The summed E-state index contributed by atoms with van der Waals surface area (Å²) in [6.07, 6.45) is 1.91. The van der Waals surface area contributed by atoms with Crippen LogP contribution in [0.1, 0.15) is 35.2 Å². The van der Waals surface area contributed by atoms with E-state index in [4.69, 9.17) is 4.74 Å². The molecule has 0 unspecified atom stereocenters. The highest BCUT2D eigenvalue weighted by atomic mass is 16.5. The van der Waals surface area contributed by atoms with Crippen LogP contribution >= 0.6 is 0 Å². The summed E-state index contributed by atoms with van der Waals surface area (Å²) in [6.45, 7) is -0.276. The summed E-state index contributed by atoms with van der Waals surface area (Å²) in [4.78, 5) is 47.8. The average molecular weight is 466 g/mol. The van der Waals surface area contributed by atoms with E-state index in [9.17, 15) is 24.3 Å². The average Bonchev–Trinajstić information content (AvgIpc) is 3.65. The molecule has 10 nitrogen and oxygen atoms in total. The summed E-state index contributed by atoms with van der Waals surface area (Å²) in [5.41, 5.74) is 2.40. The zero-order valence-electron chi connectivity index (χ0n) is 18.4. The number of benzene rings is 2. The maximum atomic E-state index is 12.2. The highest BCUT2D eigenvalue weighted by Gasteiger charge is 2.24. The second kappa shape index (κ2) is 10.3. The summed E-state index contributed by atoms with van der Waals surface area (Å²) in [6, 6.07) is 11.7. The third-order valence-electron chi connectivity index (χ3n) is 5.41. The van der Waals surface area contributed by atoms with Crippen molar-refractivity contribution in [2.45, 2.75) is 37.8 Å². The van der Waals surface area contributed by atoms with Gasteiger partial charge in [-0.25, -0.2) is 0 Å². The van der Waals surface area contributed by atoms with Gasteiger partial charge in [-0.2, -0.15) is 0 Å². The largest absolute Gasteiger partial charge is 0.491 e. The predicted octanol–water partition coefficient (Wildman–Crippen LogP) is 0.958. The monoisotopic (exact) mass is 466 g/mol. The third-order valence-corrected chi connectivity index (χ3v) is 5.41. The first-order valence-corrected chi connectivity index (χ1v) is 11.1. The van der Waals surface area contributed by atoms with Crippen molar-refractivity contribution < 1.29 is 29.0 Å². The molecule has 1 fully saturated rings. The Morgan fingerprint density at radius 2 is 1.91 bits per heavy atom. The summed E-state index contributed by atoms with van der Waals surface area (Å²) in [5, 5.41) is 20.6. The van der Waals surface area contributed by atoms with Crippen molar-refractivity contribution in [1.29, 1.82) is 0 Å². The van der Waals surface area contributed by atoms with Crippen molar-refractivity contribution in [3.63, 3.8) is 0 Å². The minimum Gasteiger partial charge on any atom is -0.491 e. The quantitative estimate of drug-likeness (QED) is 0.366. The van der Waals surface area contributed by atoms with Crippen LogP contribution in [-0.4, -0.2) is 54.0 Å². The Balaban J connectivity index is 1.20. The molecule has 2 aromatic rings. The Morgan fingerprint density at radius 3 is 2.71 bits per heavy atom.